The number of nitrogens with zero attached hydrogens (tertiary/aromatic N) is 1. The Morgan fingerprint density at radius 3 is 2.09 bits per heavy atom. The Hall–Kier alpha value is -2.02. The first kappa shape index (κ1) is 15.9. The molecule has 0 bridgehead atoms. The molecule has 5 heteroatoms. The van der Waals surface area contributed by atoms with Crippen LogP contribution in [-0.4, -0.2) is 11.6 Å². The van der Waals surface area contributed by atoms with Gasteiger partial charge in [0.15, 0.2) is 0 Å². The van der Waals surface area contributed by atoms with Crippen molar-refractivity contribution in [3.8, 4) is 0 Å². The summed E-state index contributed by atoms with van der Waals surface area (Å²) in [5, 5.41) is 2.91. The van der Waals surface area contributed by atoms with Crippen LogP contribution in [0.3, 0.4) is 0 Å². The zero-order valence-electron chi connectivity index (χ0n) is 12.7. The quantitative estimate of drug-likeness (QED) is 0.403. The van der Waals surface area contributed by atoms with E-state index in [4.69, 9.17) is 4.74 Å². The molecular weight excluding hydrogens is 405 g/mol. The zero-order valence-corrected chi connectivity index (χ0v) is 14.8. The van der Waals surface area contributed by atoms with Crippen LogP contribution in [0.1, 0.15) is 25.0 Å². The van der Waals surface area contributed by atoms with E-state index in [0.717, 1.165) is 20.3 Å². The number of esters is 1. The second kappa shape index (κ2) is 5.88. The molecule has 0 atom stereocenters. The lowest BCUT2D eigenvalue weighted by molar-refractivity contribution is -0.141. The molecule has 2 aromatic rings. The maximum atomic E-state index is 12.4. The van der Waals surface area contributed by atoms with Crippen LogP contribution in [0.2, 0.25) is 0 Å². The maximum absolute atomic E-state index is 12.4. The molecule has 23 heavy (non-hydrogen) atoms. The van der Waals surface area contributed by atoms with Crippen molar-refractivity contribution >= 4 is 45.4 Å². The molecule has 1 aliphatic heterocycles. The highest BCUT2D eigenvalue weighted by atomic mass is 127. The molecule has 3 rings (SSSR count). The Morgan fingerprint density at radius 2 is 1.52 bits per heavy atom. The molecule has 116 valence electrons. The smallest absolute Gasteiger partial charge is 0.340 e. The van der Waals surface area contributed by atoms with Crippen LogP contribution in [-0.2, 0) is 9.53 Å². The van der Waals surface area contributed by atoms with Gasteiger partial charge in [0.2, 0.25) is 0 Å². The number of hydrogen-bond donors (Lipinski definition) is 0. The van der Waals surface area contributed by atoms with Crippen LogP contribution >= 0.6 is 22.6 Å². The number of carbonyl (C=O) groups is 1. The third kappa shape index (κ3) is 2.93. The van der Waals surface area contributed by atoms with Crippen molar-refractivity contribution in [3.63, 3.8) is 0 Å². The average molecular weight is 419 g/mol. The van der Waals surface area contributed by atoms with Crippen molar-refractivity contribution in [1.82, 2.24) is 0 Å². The van der Waals surface area contributed by atoms with Gasteiger partial charge in [0, 0.05) is 9.14 Å². The molecule has 4 nitrogen and oxygen atoms in total. The highest BCUT2D eigenvalue weighted by Crippen LogP contribution is 2.43. The van der Waals surface area contributed by atoms with Gasteiger partial charge in [-0.2, -0.15) is 0 Å². The third-order valence-corrected chi connectivity index (χ3v) is 4.52. The van der Waals surface area contributed by atoms with E-state index in [1.165, 1.54) is 0 Å². The average Bonchev–Trinajstić information content (AvgIpc) is 2.77. The van der Waals surface area contributed by atoms with Gasteiger partial charge in [0.1, 0.15) is 11.3 Å². The summed E-state index contributed by atoms with van der Waals surface area (Å²) in [4.78, 5) is 23.0. The summed E-state index contributed by atoms with van der Waals surface area (Å²) in [6, 6.07) is 14.6. The van der Waals surface area contributed by atoms with Crippen LogP contribution in [0, 0.1) is 8.48 Å². The summed E-state index contributed by atoms with van der Waals surface area (Å²) in [5.41, 5.74) is 2.69. The molecule has 1 heterocycles. The van der Waals surface area contributed by atoms with Crippen molar-refractivity contribution in [2.24, 2.45) is 5.18 Å². The van der Waals surface area contributed by atoms with Gasteiger partial charge in [0.05, 0.1) is 5.57 Å². The minimum atomic E-state index is -0.731. The van der Waals surface area contributed by atoms with Gasteiger partial charge in [-0.1, -0.05) is 24.3 Å². The van der Waals surface area contributed by atoms with Crippen molar-refractivity contribution in [1.29, 1.82) is 0 Å². The van der Waals surface area contributed by atoms with E-state index in [1.807, 2.05) is 38.1 Å². The molecule has 2 aromatic carbocycles. The van der Waals surface area contributed by atoms with E-state index in [9.17, 15) is 9.70 Å². The fourth-order valence-electron chi connectivity index (χ4n) is 2.80. The second-order valence-electron chi connectivity index (χ2n) is 5.79. The van der Waals surface area contributed by atoms with E-state index in [2.05, 4.69) is 27.8 Å². The SMILES string of the molecule is CC1(C)OC(=O)C(c2ccc(I)cc2)=C1c1ccc(N=O)cc1. The van der Waals surface area contributed by atoms with Gasteiger partial charge >= 0.3 is 5.97 Å². The van der Waals surface area contributed by atoms with E-state index in [1.54, 1.807) is 24.3 Å². The van der Waals surface area contributed by atoms with E-state index < -0.39 is 5.60 Å². The Labute approximate surface area is 147 Å². The topological polar surface area (TPSA) is 55.7 Å². The summed E-state index contributed by atoms with van der Waals surface area (Å²) in [6.45, 7) is 3.73. The fourth-order valence-corrected chi connectivity index (χ4v) is 3.16. The first-order valence-corrected chi connectivity index (χ1v) is 8.18. The van der Waals surface area contributed by atoms with E-state index >= 15 is 0 Å². The molecule has 0 unspecified atom stereocenters. The predicted octanol–water partition coefficient (Wildman–Crippen LogP) is 4.94. The predicted molar refractivity (Wildman–Crippen MR) is 98.0 cm³/mol. The summed E-state index contributed by atoms with van der Waals surface area (Å²) in [7, 11) is 0. The van der Waals surface area contributed by atoms with Crippen molar-refractivity contribution < 1.29 is 9.53 Å². The highest BCUT2D eigenvalue weighted by Gasteiger charge is 2.41. The molecule has 0 saturated heterocycles. The largest absolute Gasteiger partial charge is 0.451 e. The lowest BCUT2D eigenvalue weighted by atomic mass is 9.87. The lowest BCUT2D eigenvalue weighted by Gasteiger charge is -2.21. The zero-order chi connectivity index (χ0) is 16.6. The highest BCUT2D eigenvalue weighted by molar-refractivity contribution is 14.1. The normalized spacial score (nSPS) is 16.4. The van der Waals surface area contributed by atoms with Crippen LogP contribution < -0.4 is 0 Å². The summed E-state index contributed by atoms with van der Waals surface area (Å²) in [5.74, 6) is -0.330. The molecule has 0 radical (unpaired) electrons. The van der Waals surface area contributed by atoms with Crippen molar-refractivity contribution in [3.05, 3.63) is 68.1 Å². The minimum absolute atomic E-state index is 0.330. The third-order valence-electron chi connectivity index (χ3n) is 3.80. The molecule has 0 aromatic heterocycles. The number of ether oxygens (including phenoxy) is 1. The first-order chi connectivity index (χ1) is 10.9. The van der Waals surface area contributed by atoms with Gasteiger partial charge in [-0.25, -0.2) is 4.79 Å². The van der Waals surface area contributed by atoms with Gasteiger partial charge in [-0.05, 0) is 77.0 Å². The molecule has 0 fully saturated rings. The molecule has 0 N–H and O–H groups in total. The number of rotatable bonds is 3. The van der Waals surface area contributed by atoms with Gasteiger partial charge in [-0.15, -0.1) is 4.91 Å². The number of nitroso groups, excluding NO2 is 1. The van der Waals surface area contributed by atoms with Gasteiger partial charge < -0.3 is 4.74 Å². The Bertz CT molecular complexity index is 805. The maximum Gasteiger partial charge on any atom is 0.340 e. The number of hydrogen-bond acceptors (Lipinski definition) is 4. The van der Waals surface area contributed by atoms with Crippen LogP contribution in [0.15, 0.2) is 53.7 Å². The summed E-state index contributed by atoms with van der Waals surface area (Å²) in [6.07, 6.45) is 0. The number of carbonyl (C=O) groups excluding carboxylic acids is 1. The van der Waals surface area contributed by atoms with Crippen molar-refractivity contribution in [2.75, 3.05) is 0 Å². The standard InChI is InChI=1S/C18H14INO3/c1-18(2)16(12-5-9-14(20-22)10-6-12)15(17(21)23-18)11-3-7-13(19)8-4-11/h3-10H,1-2H3. The fraction of sp³-hybridized carbons (Fsp3) is 0.167. The van der Waals surface area contributed by atoms with Crippen molar-refractivity contribution in [2.45, 2.75) is 19.4 Å². The first-order valence-electron chi connectivity index (χ1n) is 7.10. The molecule has 0 amide bonds. The Morgan fingerprint density at radius 1 is 0.957 bits per heavy atom. The Kier molecular flexibility index (Phi) is 4.06. The summed E-state index contributed by atoms with van der Waals surface area (Å²) >= 11 is 2.22. The molecule has 0 aliphatic carbocycles. The lowest BCUT2D eigenvalue weighted by Crippen LogP contribution is -2.22. The molecule has 0 spiro atoms. The van der Waals surface area contributed by atoms with Gasteiger partial charge in [-0.3, -0.25) is 0 Å². The second-order valence-corrected chi connectivity index (χ2v) is 7.04. The summed E-state index contributed by atoms with van der Waals surface area (Å²) < 4.78 is 6.67. The minimum Gasteiger partial charge on any atom is -0.451 e. The Balaban J connectivity index is 2.21. The molecule has 1 aliphatic rings. The van der Waals surface area contributed by atoms with Crippen LogP contribution in [0.25, 0.3) is 11.1 Å². The number of cyclic esters (lactones) is 1. The van der Waals surface area contributed by atoms with Gasteiger partial charge in [0.25, 0.3) is 0 Å². The van der Waals surface area contributed by atoms with Crippen LogP contribution in [0.5, 0.6) is 0 Å². The monoisotopic (exact) mass is 419 g/mol. The molecular formula is C18H14INO3. The van der Waals surface area contributed by atoms with E-state index in [0.29, 0.717) is 11.3 Å². The molecule has 0 saturated carbocycles. The van der Waals surface area contributed by atoms with Crippen LogP contribution in [0.4, 0.5) is 5.69 Å². The number of benzene rings is 2. The van der Waals surface area contributed by atoms with E-state index in [-0.39, 0.29) is 5.97 Å². The number of halogens is 1.